The van der Waals surface area contributed by atoms with Crippen LogP contribution in [0.1, 0.15) is 5.69 Å². The van der Waals surface area contributed by atoms with Crippen molar-refractivity contribution in [2.24, 2.45) is 5.16 Å². The van der Waals surface area contributed by atoms with Crippen LogP contribution in [0.4, 0.5) is 0 Å². The van der Waals surface area contributed by atoms with E-state index in [9.17, 15) is 32.1 Å². The molecule has 0 saturated carbocycles. The van der Waals surface area contributed by atoms with Crippen LogP contribution in [-0.4, -0.2) is 72.1 Å². The second-order valence-electron chi connectivity index (χ2n) is 4.70. The Bertz CT molecular complexity index is 938. The average Bonchev–Trinajstić information content (AvgIpc) is 2.98. The third-order valence-corrected chi connectivity index (χ3v) is 4.75. The Morgan fingerprint density at radius 2 is 2.00 bits per heavy atom. The summed E-state index contributed by atoms with van der Waals surface area (Å²) in [5.41, 5.74) is -0.472. The van der Waals surface area contributed by atoms with Crippen molar-refractivity contribution in [1.29, 1.82) is 0 Å². The predicted molar refractivity (Wildman–Crippen MR) is 82.8 cm³/mol. The summed E-state index contributed by atoms with van der Waals surface area (Å²) in [5, 5.41) is 6.74. The Kier molecular flexibility index (Phi) is 7.70. The molecule has 2 rings (SSSR count). The van der Waals surface area contributed by atoms with E-state index < -0.39 is 50.8 Å². The molecule has 2 N–H and O–H groups in total. The number of aromatic amines is 1. The quantitative estimate of drug-likeness (QED) is 0.111. The van der Waals surface area contributed by atoms with Crippen molar-refractivity contribution in [3.05, 3.63) is 20.7 Å². The molecule has 0 spiro atoms. The van der Waals surface area contributed by atoms with Crippen LogP contribution in [0.2, 0.25) is 0 Å². The summed E-state index contributed by atoms with van der Waals surface area (Å²) in [7, 11) is -3.26. The van der Waals surface area contributed by atoms with Crippen LogP contribution in [0.5, 0.6) is 0 Å². The number of esters is 1. The van der Waals surface area contributed by atoms with Gasteiger partial charge in [0.15, 0.2) is 22.1 Å². The van der Waals surface area contributed by atoms with Gasteiger partial charge in [0.2, 0.25) is 0 Å². The molecule has 1 aromatic rings. The fourth-order valence-corrected chi connectivity index (χ4v) is 3.50. The molecule has 2 heterocycles. The monoisotopic (exact) mass is 430 g/mol. The number of H-pyrrole nitrogens is 1. The molecule has 2 atom stereocenters. The summed E-state index contributed by atoms with van der Waals surface area (Å²) in [4.78, 5) is 53.4. The van der Waals surface area contributed by atoms with E-state index in [4.69, 9.17) is 0 Å². The summed E-state index contributed by atoms with van der Waals surface area (Å²) in [5.74, 6) is -3.60. The molecule has 16 heteroatoms. The summed E-state index contributed by atoms with van der Waals surface area (Å²) in [6, 6.07) is -3.53. The summed E-state index contributed by atoms with van der Waals surface area (Å²) < 4.78 is 37.4. The molecule has 1 fully saturated rings. The molecular weight excluding hydrogens is 419 g/mol. The van der Waals surface area contributed by atoms with Gasteiger partial charge in [-0.3, -0.25) is 14.4 Å². The standard InChI is InChI=1S/C11H12N4O9S2.Na/c1-23-10(18)7-6(9(17)15(7)26(20,21)22)13-8(16)5(14-24-2)4-3-25-11(19)12-4;/h3,6-7H,1-2H3,(H,12,19)(H,13,16)(H,20,21,22);/q;+1/p-1/b14-5-;/t6-,7-;/m1./s1. The van der Waals surface area contributed by atoms with Gasteiger partial charge < -0.3 is 24.4 Å². The molecule has 1 saturated heterocycles. The van der Waals surface area contributed by atoms with Gasteiger partial charge in [-0.25, -0.2) is 17.5 Å². The van der Waals surface area contributed by atoms with Gasteiger partial charge in [-0.1, -0.05) is 16.5 Å². The minimum atomic E-state index is -5.29. The van der Waals surface area contributed by atoms with Gasteiger partial charge in [-0.05, 0) is 0 Å². The molecule has 13 nitrogen and oxygen atoms in total. The van der Waals surface area contributed by atoms with Gasteiger partial charge in [0.05, 0.1) is 12.8 Å². The van der Waals surface area contributed by atoms with Crippen molar-refractivity contribution in [1.82, 2.24) is 14.6 Å². The topological polar surface area (TPSA) is 187 Å². The van der Waals surface area contributed by atoms with Crippen LogP contribution < -0.4 is 39.7 Å². The van der Waals surface area contributed by atoms with Crippen molar-refractivity contribution in [3.63, 3.8) is 0 Å². The number of β-lactam (4-membered cyclic amide) rings is 1. The first-order valence-corrected chi connectivity index (χ1v) is 8.83. The number of thiazole rings is 1. The normalized spacial score (nSPS) is 19.6. The molecule has 0 aromatic carbocycles. The number of carbonyl (C=O) groups is 3. The first-order chi connectivity index (χ1) is 12.1. The van der Waals surface area contributed by atoms with Crippen LogP contribution in [0.15, 0.2) is 15.3 Å². The number of rotatable bonds is 6. The Labute approximate surface area is 177 Å². The molecular formula is C11H11N4NaO9S2. The van der Waals surface area contributed by atoms with Gasteiger partial charge in [0.1, 0.15) is 13.2 Å². The number of hydrogen-bond donors (Lipinski definition) is 2. The number of nitrogens with zero attached hydrogens (tertiary/aromatic N) is 2. The first-order valence-electron chi connectivity index (χ1n) is 6.59. The molecule has 0 aliphatic carbocycles. The average molecular weight is 430 g/mol. The van der Waals surface area contributed by atoms with Crippen molar-refractivity contribution >= 4 is 45.1 Å². The molecule has 2 amide bonds. The SMILES string of the molecule is CO/N=C(\C(=O)N[C@H]1C(=O)N(S(=O)(=O)[O-])[C@H]1C(=O)OC)c1csc(=O)[nH]1.[Na+]. The summed E-state index contributed by atoms with van der Waals surface area (Å²) in [6.07, 6.45) is 0. The largest absolute Gasteiger partial charge is 1.00 e. The van der Waals surface area contributed by atoms with E-state index in [1.165, 1.54) is 5.38 Å². The van der Waals surface area contributed by atoms with Gasteiger partial charge >= 0.3 is 40.4 Å². The number of methoxy groups -OCH3 is 1. The summed E-state index contributed by atoms with van der Waals surface area (Å²) >= 11 is 0.731. The predicted octanol–water partition coefficient (Wildman–Crippen LogP) is -5.88. The number of ether oxygens (including phenoxy) is 1. The minimum absolute atomic E-state index is 0. The fourth-order valence-electron chi connectivity index (χ4n) is 2.12. The number of oxime groups is 1. The third kappa shape index (κ3) is 4.74. The van der Waals surface area contributed by atoms with E-state index in [0.29, 0.717) is 0 Å². The van der Waals surface area contributed by atoms with Crippen LogP contribution in [-0.2, 0) is 34.3 Å². The third-order valence-electron chi connectivity index (χ3n) is 3.20. The minimum Gasteiger partial charge on any atom is -0.731 e. The van der Waals surface area contributed by atoms with Gasteiger partial charge in [0.25, 0.3) is 11.8 Å². The number of amides is 2. The van der Waals surface area contributed by atoms with Crippen molar-refractivity contribution < 1.29 is 66.5 Å². The van der Waals surface area contributed by atoms with Crippen LogP contribution in [0, 0.1) is 0 Å². The number of nitrogens with one attached hydrogen (secondary N) is 2. The van der Waals surface area contributed by atoms with Crippen molar-refractivity contribution in [2.75, 3.05) is 14.2 Å². The molecule has 0 unspecified atom stereocenters. The van der Waals surface area contributed by atoms with E-state index >= 15 is 0 Å². The molecule has 1 aromatic heterocycles. The second-order valence-corrected chi connectivity index (χ2v) is 6.79. The van der Waals surface area contributed by atoms with E-state index in [2.05, 4.69) is 25.0 Å². The van der Waals surface area contributed by atoms with E-state index in [1.807, 2.05) is 0 Å². The maximum Gasteiger partial charge on any atom is 1.00 e. The van der Waals surface area contributed by atoms with Crippen LogP contribution in [0.25, 0.3) is 0 Å². The molecule has 1 aliphatic heterocycles. The Hall–Kier alpha value is -1.78. The number of carbonyl (C=O) groups excluding carboxylic acids is 3. The van der Waals surface area contributed by atoms with Crippen LogP contribution >= 0.6 is 11.3 Å². The Morgan fingerprint density at radius 1 is 1.37 bits per heavy atom. The summed E-state index contributed by atoms with van der Waals surface area (Å²) in [6.45, 7) is 0. The van der Waals surface area contributed by atoms with E-state index in [0.717, 1.165) is 25.6 Å². The zero-order chi connectivity index (χ0) is 19.6. The Morgan fingerprint density at radius 3 is 2.44 bits per heavy atom. The van der Waals surface area contributed by atoms with E-state index in [1.54, 1.807) is 0 Å². The smallest absolute Gasteiger partial charge is 0.731 e. The molecule has 1 aliphatic rings. The molecule has 142 valence electrons. The van der Waals surface area contributed by atoms with Gasteiger partial charge in [-0.2, -0.15) is 0 Å². The molecule has 0 bridgehead atoms. The zero-order valence-electron chi connectivity index (χ0n) is 14.1. The van der Waals surface area contributed by atoms with Crippen molar-refractivity contribution in [2.45, 2.75) is 12.1 Å². The van der Waals surface area contributed by atoms with Gasteiger partial charge in [0, 0.05) is 5.38 Å². The van der Waals surface area contributed by atoms with Crippen LogP contribution in [0.3, 0.4) is 0 Å². The fraction of sp³-hybridized carbons (Fsp3) is 0.364. The zero-order valence-corrected chi connectivity index (χ0v) is 17.8. The number of aromatic nitrogens is 1. The Balaban J connectivity index is 0.00000364. The molecule has 0 radical (unpaired) electrons. The van der Waals surface area contributed by atoms with Gasteiger partial charge in [-0.15, -0.1) is 0 Å². The maximum atomic E-state index is 12.3. The first kappa shape index (κ1) is 23.3. The maximum absolute atomic E-state index is 12.3. The van der Waals surface area contributed by atoms with E-state index in [-0.39, 0.29) is 39.6 Å². The second kappa shape index (κ2) is 8.94. The number of hydrogen-bond acceptors (Lipinski definition) is 11. The molecule has 27 heavy (non-hydrogen) atoms. The van der Waals surface area contributed by atoms with Crippen molar-refractivity contribution in [3.8, 4) is 0 Å².